The monoisotopic (exact) mass is 328 g/mol. The van der Waals surface area contributed by atoms with Crippen molar-refractivity contribution in [3.63, 3.8) is 0 Å². The molecule has 118 valence electrons. The molecule has 1 aromatic rings. The Kier molecular flexibility index (Phi) is 5.75. The van der Waals surface area contributed by atoms with Crippen molar-refractivity contribution in [1.82, 2.24) is 10.3 Å². The van der Waals surface area contributed by atoms with E-state index in [4.69, 9.17) is 5.73 Å². The number of aromatic nitrogens is 1. The molecule has 0 aromatic carbocycles. The number of nitrogen functional groups attached to an aromatic ring is 1. The van der Waals surface area contributed by atoms with Crippen LogP contribution in [0, 0.1) is 0 Å². The van der Waals surface area contributed by atoms with Crippen LogP contribution >= 0.6 is 23.1 Å². The maximum absolute atomic E-state index is 12.4. The zero-order valence-electron chi connectivity index (χ0n) is 12.9. The minimum absolute atomic E-state index is 0.0768. The van der Waals surface area contributed by atoms with Crippen LogP contribution in [0.25, 0.3) is 0 Å². The van der Waals surface area contributed by atoms with E-state index in [0.29, 0.717) is 15.9 Å². The molecule has 1 aliphatic rings. The Hall–Kier alpha value is -0.950. The molecule has 1 amide bonds. The van der Waals surface area contributed by atoms with E-state index in [2.05, 4.69) is 23.5 Å². The van der Waals surface area contributed by atoms with Gasteiger partial charge in [0, 0.05) is 24.9 Å². The number of rotatable bonds is 6. The number of amides is 1. The van der Waals surface area contributed by atoms with Gasteiger partial charge in [-0.05, 0) is 25.5 Å². The molecule has 1 heterocycles. The van der Waals surface area contributed by atoms with Crippen molar-refractivity contribution in [3.8, 4) is 0 Å². The second-order valence-corrected chi connectivity index (χ2v) is 7.47. The van der Waals surface area contributed by atoms with Crippen LogP contribution in [0.3, 0.4) is 0 Å². The lowest BCUT2D eigenvalue weighted by atomic mass is 10.2. The molecular formula is C14H24N4OS2. The van der Waals surface area contributed by atoms with Gasteiger partial charge >= 0.3 is 0 Å². The first kappa shape index (κ1) is 16.4. The first-order valence-corrected chi connectivity index (χ1v) is 9.48. The van der Waals surface area contributed by atoms with Crippen LogP contribution in [0.4, 0.5) is 10.9 Å². The van der Waals surface area contributed by atoms with Crippen molar-refractivity contribution >= 4 is 40.0 Å². The lowest BCUT2D eigenvalue weighted by Gasteiger charge is -2.18. The SMILES string of the molecule is CCCN(C)c1nc(N)c(C(=O)NC2CCCC2SC)s1. The molecule has 3 N–H and O–H groups in total. The van der Waals surface area contributed by atoms with E-state index in [1.165, 1.54) is 24.2 Å². The number of carbonyl (C=O) groups excluding carboxylic acids is 1. The van der Waals surface area contributed by atoms with E-state index in [1.54, 1.807) is 0 Å². The molecule has 7 heteroatoms. The number of nitrogens with two attached hydrogens (primary N) is 1. The molecule has 2 rings (SSSR count). The molecule has 2 atom stereocenters. The van der Waals surface area contributed by atoms with Crippen LogP contribution in [0.15, 0.2) is 0 Å². The maximum Gasteiger partial charge on any atom is 0.265 e. The van der Waals surface area contributed by atoms with Gasteiger partial charge in [0.15, 0.2) is 5.13 Å². The standard InChI is InChI=1S/C14H24N4OS2/c1-4-8-18(2)14-17-12(15)11(21-14)13(19)16-9-6-5-7-10(9)20-3/h9-10H,4-8,15H2,1-3H3,(H,16,19). The summed E-state index contributed by atoms with van der Waals surface area (Å²) in [6.07, 6.45) is 6.55. The maximum atomic E-state index is 12.4. The lowest BCUT2D eigenvalue weighted by molar-refractivity contribution is 0.0943. The molecular weight excluding hydrogens is 304 g/mol. The Morgan fingerprint density at radius 1 is 1.57 bits per heavy atom. The number of thioether (sulfide) groups is 1. The van der Waals surface area contributed by atoms with Crippen molar-refractivity contribution in [1.29, 1.82) is 0 Å². The van der Waals surface area contributed by atoms with Crippen LogP contribution in [0.2, 0.25) is 0 Å². The highest BCUT2D eigenvalue weighted by molar-refractivity contribution is 7.99. The smallest absolute Gasteiger partial charge is 0.265 e. The number of thiazole rings is 1. The van der Waals surface area contributed by atoms with Gasteiger partial charge in [-0.25, -0.2) is 4.98 Å². The van der Waals surface area contributed by atoms with Crippen LogP contribution in [0.1, 0.15) is 42.3 Å². The average molecular weight is 329 g/mol. The summed E-state index contributed by atoms with van der Waals surface area (Å²) in [5.74, 6) is 0.265. The van der Waals surface area contributed by atoms with Crippen LogP contribution in [-0.4, -0.2) is 42.0 Å². The molecule has 21 heavy (non-hydrogen) atoms. The average Bonchev–Trinajstić information content (AvgIpc) is 3.05. The predicted octanol–water partition coefficient (Wildman–Crippen LogP) is 2.59. The number of hydrogen-bond donors (Lipinski definition) is 2. The summed E-state index contributed by atoms with van der Waals surface area (Å²) in [7, 11) is 1.98. The number of carbonyl (C=O) groups is 1. The Morgan fingerprint density at radius 2 is 2.33 bits per heavy atom. The summed E-state index contributed by atoms with van der Waals surface area (Å²) < 4.78 is 0. The highest BCUT2D eigenvalue weighted by atomic mass is 32.2. The van der Waals surface area contributed by atoms with E-state index < -0.39 is 0 Å². The minimum Gasteiger partial charge on any atom is -0.382 e. The van der Waals surface area contributed by atoms with E-state index in [1.807, 2.05) is 23.7 Å². The van der Waals surface area contributed by atoms with Crippen LogP contribution < -0.4 is 16.0 Å². The van der Waals surface area contributed by atoms with Gasteiger partial charge in [-0.3, -0.25) is 4.79 Å². The van der Waals surface area contributed by atoms with Crippen LogP contribution in [-0.2, 0) is 0 Å². The van der Waals surface area contributed by atoms with Crippen molar-refractivity contribution in [2.75, 3.05) is 30.5 Å². The number of nitrogens with one attached hydrogen (secondary N) is 1. The summed E-state index contributed by atoms with van der Waals surface area (Å²) in [4.78, 5) is 19.3. The van der Waals surface area contributed by atoms with E-state index in [-0.39, 0.29) is 11.9 Å². The molecule has 0 saturated heterocycles. The Bertz CT molecular complexity index is 491. The van der Waals surface area contributed by atoms with Gasteiger partial charge in [-0.1, -0.05) is 24.7 Å². The van der Waals surface area contributed by atoms with Crippen molar-refractivity contribution in [2.24, 2.45) is 0 Å². The molecule has 1 saturated carbocycles. The number of anilines is 2. The van der Waals surface area contributed by atoms with E-state index in [0.717, 1.165) is 24.5 Å². The summed E-state index contributed by atoms with van der Waals surface area (Å²) in [6, 6.07) is 0.255. The number of hydrogen-bond acceptors (Lipinski definition) is 6. The second kappa shape index (κ2) is 7.35. The minimum atomic E-state index is -0.0768. The second-order valence-electron chi connectivity index (χ2n) is 5.42. The third-order valence-electron chi connectivity index (χ3n) is 3.81. The van der Waals surface area contributed by atoms with Crippen molar-refractivity contribution in [3.05, 3.63) is 4.88 Å². The molecule has 1 aliphatic carbocycles. The van der Waals surface area contributed by atoms with Gasteiger partial charge in [0.1, 0.15) is 10.7 Å². The van der Waals surface area contributed by atoms with Gasteiger partial charge < -0.3 is 16.0 Å². The zero-order chi connectivity index (χ0) is 15.4. The van der Waals surface area contributed by atoms with Gasteiger partial charge in [0.05, 0.1) is 0 Å². The number of nitrogens with zero attached hydrogens (tertiary/aromatic N) is 2. The Balaban J connectivity index is 2.05. The largest absolute Gasteiger partial charge is 0.382 e. The van der Waals surface area contributed by atoms with Gasteiger partial charge in [-0.2, -0.15) is 11.8 Å². The quantitative estimate of drug-likeness (QED) is 0.840. The molecule has 0 aliphatic heterocycles. The first-order chi connectivity index (χ1) is 10.1. The van der Waals surface area contributed by atoms with Crippen molar-refractivity contribution < 1.29 is 4.79 Å². The van der Waals surface area contributed by atoms with E-state index in [9.17, 15) is 4.79 Å². The molecule has 2 unspecified atom stereocenters. The van der Waals surface area contributed by atoms with E-state index >= 15 is 0 Å². The Labute approximate surface area is 134 Å². The summed E-state index contributed by atoms with van der Waals surface area (Å²) in [5, 5.41) is 4.46. The first-order valence-electron chi connectivity index (χ1n) is 7.37. The van der Waals surface area contributed by atoms with Crippen LogP contribution in [0.5, 0.6) is 0 Å². The molecule has 0 spiro atoms. The normalized spacial score (nSPS) is 21.5. The lowest BCUT2D eigenvalue weighted by Crippen LogP contribution is -2.38. The molecule has 0 radical (unpaired) electrons. The predicted molar refractivity (Wildman–Crippen MR) is 92.5 cm³/mol. The highest BCUT2D eigenvalue weighted by Gasteiger charge is 2.29. The fourth-order valence-electron chi connectivity index (χ4n) is 2.68. The summed E-state index contributed by atoms with van der Waals surface area (Å²) >= 11 is 3.21. The zero-order valence-corrected chi connectivity index (χ0v) is 14.5. The van der Waals surface area contributed by atoms with Gasteiger partial charge in [0.2, 0.25) is 0 Å². The van der Waals surface area contributed by atoms with Gasteiger partial charge in [0.25, 0.3) is 5.91 Å². The third-order valence-corrected chi connectivity index (χ3v) is 6.16. The summed E-state index contributed by atoms with van der Waals surface area (Å²) in [6.45, 7) is 3.02. The summed E-state index contributed by atoms with van der Waals surface area (Å²) in [5.41, 5.74) is 5.92. The fourth-order valence-corrected chi connectivity index (χ4v) is 4.49. The highest BCUT2D eigenvalue weighted by Crippen LogP contribution is 2.31. The molecule has 1 fully saturated rings. The molecule has 5 nitrogen and oxygen atoms in total. The fraction of sp³-hybridized carbons (Fsp3) is 0.714. The molecule has 1 aromatic heterocycles. The van der Waals surface area contributed by atoms with Crippen molar-refractivity contribution in [2.45, 2.75) is 43.9 Å². The third kappa shape index (κ3) is 3.83. The van der Waals surface area contributed by atoms with Gasteiger partial charge in [-0.15, -0.1) is 0 Å². The topological polar surface area (TPSA) is 71.2 Å². The Morgan fingerprint density at radius 3 is 3.00 bits per heavy atom. The molecule has 0 bridgehead atoms.